The Balaban J connectivity index is 2.01. The van der Waals surface area contributed by atoms with Crippen molar-refractivity contribution in [1.29, 1.82) is 0 Å². The van der Waals surface area contributed by atoms with Crippen LogP contribution >= 0.6 is 0 Å². The number of nitrogens with zero attached hydrogens (tertiary/aromatic N) is 2. The van der Waals surface area contributed by atoms with Gasteiger partial charge in [-0.15, -0.1) is 0 Å². The minimum Gasteiger partial charge on any atom is -0.452 e. The molecule has 2 rings (SSSR count). The lowest BCUT2D eigenvalue weighted by Gasteiger charge is -2.33. The number of likely N-dealkylation sites (tertiary alicyclic amines) is 1. The van der Waals surface area contributed by atoms with E-state index in [0.29, 0.717) is 6.54 Å². The zero-order valence-corrected chi connectivity index (χ0v) is 13.3. The molecule has 1 aromatic carbocycles. The number of ether oxygens (including phenoxy) is 1. The van der Waals surface area contributed by atoms with Gasteiger partial charge in [0.15, 0.2) is 6.61 Å². The second-order valence-corrected chi connectivity index (χ2v) is 5.71. The third kappa shape index (κ3) is 3.85. The molecule has 7 nitrogen and oxygen atoms in total. The number of hydrogen-bond donors (Lipinski definition) is 0. The maximum Gasteiger partial charge on any atom is 0.339 e. The number of carbonyl (C=O) groups is 2. The minimum absolute atomic E-state index is 0.110. The molecular formula is C16H20N2O5. The van der Waals surface area contributed by atoms with E-state index in [4.69, 9.17) is 4.74 Å². The van der Waals surface area contributed by atoms with Gasteiger partial charge in [-0.2, -0.15) is 0 Å². The molecule has 0 bridgehead atoms. The second-order valence-electron chi connectivity index (χ2n) is 5.71. The van der Waals surface area contributed by atoms with Crippen LogP contribution in [0.25, 0.3) is 0 Å². The van der Waals surface area contributed by atoms with Crippen molar-refractivity contribution in [2.45, 2.75) is 39.2 Å². The molecule has 7 heteroatoms. The van der Waals surface area contributed by atoms with E-state index in [0.717, 1.165) is 19.3 Å². The van der Waals surface area contributed by atoms with Gasteiger partial charge in [-0.3, -0.25) is 14.9 Å². The first-order chi connectivity index (χ1) is 10.9. The fraction of sp³-hybridized carbons (Fsp3) is 0.500. The van der Waals surface area contributed by atoms with Crippen LogP contribution in [0.1, 0.15) is 42.1 Å². The number of amides is 1. The van der Waals surface area contributed by atoms with E-state index < -0.39 is 10.9 Å². The Kier molecular flexibility index (Phi) is 5.31. The van der Waals surface area contributed by atoms with Crippen molar-refractivity contribution in [2.24, 2.45) is 0 Å². The standard InChI is InChI=1S/C16H20N2O5/c1-11-6-3-4-9-17(11)15(19)10-23-16(20)13-7-5-8-14(12(13)2)18(21)22/h5,7-8,11H,3-4,6,9-10H2,1-2H3/t11-/m1/s1. The average molecular weight is 320 g/mol. The van der Waals surface area contributed by atoms with Crippen molar-refractivity contribution in [3.8, 4) is 0 Å². The molecule has 1 heterocycles. The molecule has 1 aliphatic heterocycles. The van der Waals surface area contributed by atoms with Gasteiger partial charge in [0, 0.05) is 24.2 Å². The highest BCUT2D eigenvalue weighted by molar-refractivity contribution is 5.93. The van der Waals surface area contributed by atoms with Crippen LogP contribution in [0.5, 0.6) is 0 Å². The summed E-state index contributed by atoms with van der Waals surface area (Å²) in [5.41, 5.74) is 0.204. The monoisotopic (exact) mass is 320 g/mol. The van der Waals surface area contributed by atoms with E-state index >= 15 is 0 Å². The predicted molar refractivity (Wildman–Crippen MR) is 83.1 cm³/mol. The number of rotatable bonds is 4. The number of carbonyl (C=O) groups excluding carboxylic acids is 2. The summed E-state index contributed by atoms with van der Waals surface area (Å²) in [5.74, 6) is -0.946. The number of nitro groups is 1. The van der Waals surface area contributed by atoms with Crippen LogP contribution in [-0.4, -0.2) is 40.9 Å². The Bertz CT molecular complexity index is 629. The smallest absolute Gasteiger partial charge is 0.339 e. The Morgan fingerprint density at radius 2 is 2.13 bits per heavy atom. The van der Waals surface area contributed by atoms with Gasteiger partial charge < -0.3 is 9.64 Å². The van der Waals surface area contributed by atoms with Crippen molar-refractivity contribution < 1.29 is 19.2 Å². The summed E-state index contributed by atoms with van der Waals surface area (Å²) in [4.78, 5) is 36.3. The molecule has 1 aliphatic rings. The summed E-state index contributed by atoms with van der Waals surface area (Å²) >= 11 is 0. The van der Waals surface area contributed by atoms with Crippen molar-refractivity contribution in [2.75, 3.05) is 13.2 Å². The molecule has 0 aromatic heterocycles. The maximum absolute atomic E-state index is 12.1. The SMILES string of the molecule is Cc1c(C(=O)OCC(=O)N2CCCC[C@H]2C)cccc1[N+](=O)[O-]. The van der Waals surface area contributed by atoms with Gasteiger partial charge in [0.1, 0.15) is 0 Å². The number of hydrogen-bond acceptors (Lipinski definition) is 5. The molecule has 1 fully saturated rings. The maximum atomic E-state index is 12.1. The highest BCUT2D eigenvalue weighted by atomic mass is 16.6. The highest BCUT2D eigenvalue weighted by Gasteiger charge is 2.25. The Hall–Kier alpha value is -2.44. The Morgan fingerprint density at radius 1 is 1.39 bits per heavy atom. The summed E-state index contributed by atoms with van der Waals surface area (Å²) in [6, 6.07) is 4.36. The fourth-order valence-electron chi connectivity index (χ4n) is 2.80. The van der Waals surface area contributed by atoms with Crippen LogP contribution in [0.2, 0.25) is 0 Å². The molecule has 0 radical (unpaired) electrons. The minimum atomic E-state index is -0.718. The molecule has 0 N–H and O–H groups in total. The van der Waals surface area contributed by atoms with Crippen LogP contribution in [0.15, 0.2) is 18.2 Å². The van der Waals surface area contributed by atoms with E-state index in [-0.39, 0.29) is 35.4 Å². The van der Waals surface area contributed by atoms with Crippen LogP contribution in [0.3, 0.4) is 0 Å². The van der Waals surface area contributed by atoms with Gasteiger partial charge in [0.25, 0.3) is 11.6 Å². The fourth-order valence-corrected chi connectivity index (χ4v) is 2.80. The molecular weight excluding hydrogens is 300 g/mol. The first kappa shape index (κ1) is 16.9. The topological polar surface area (TPSA) is 89.8 Å². The largest absolute Gasteiger partial charge is 0.452 e. The number of nitro benzene ring substituents is 1. The molecule has 0 aliphatic carbocycles. The summed E-state index contributed by atoms with van der Waals surface area (Å²) in [6.45, 7) is 3.80. The van der Waals surface area contributed by atoms with Crippen LogP contribution in [0, 0.1) is 17.0 Å². The number of benzene rings is 1. The lowest BCUT2D eigenvalue weighted by atomic mass is 10.0. The summed E-state index contributed by atoms with van der Waals surface area (Å²) in [6.07, 6.45) is 3.00. The normalized spacial score (nSPS) is 17.7. The van der Waals surface area contributed by atoms with E-state index in [1.807, 2.05) is 6.92 Å². The van der Waals surface area contributed by atoms with Crippen molar-refractivity contribution >= 4 is 17.6 Å². The Morgan fingerprint density at radius 3 is 2.78 bits per heavy atom. The van der Waals surface area contributed by atoms with Gasteiger partial charge in [-0.1, -0.05) is 6.07 Å². The van der Waals surface area contributed by atoms with Gasteiger partial charge in [-0.05, 0) is 39.2 Å². The van der Waals surface area contributed by atoms with Crippen molar-refractivity contribution in [3.63, 3.8) is 0 Å². The molecule has 124 valence electrons. The molecule has 0 saturated carbocycles. The van der Waals surface area contributed by atoms with Crippen molar-refractivity contribution in [3.05, 3.63) is 39.4 Å². The molecule has 1 saturated heterocycles. The van der Waals surface area contributed by atoms with Gasteiger partial charge >= 0.3 is 5.97 Å². The summed E-state index contributed by atoms with van der Waals surface area (Å²) in [5, 5.41) is 10.9. The van der Waals surface area contributed by atoms with Crippen LogP contribution in [-0.2, 0) is 9.53 Å². The van der Waals surface area contributed by atoms with Crippen molar-refractivity contribution in [1.82, 2.24) is 4.90 Å². The van der Waals surface area contributed by atoms with Crippen LogP contribution < -0.4 is 0 Å². The highest BCUT2D eigenvalue weighted by Crippen LogP contribution is 2.22. The predicted octanol–water partition coefficient (Wildman–Crippen LogP) is 2.46. The van der Waals surface area contributed by atoms with E-state index in [1.165, 1.54) is 25.1 Å². The zero-order valence-electron chi connectivity index (χ0n) is 13.3. The third-order valence-electron chi connectivity index (χ3n) is 4.17. The van der Waals surface area contributed by atoms with Crippen LogP contribution in [0.4, 0.5) is 5.69 Å². The third-order valence-corrected chi connectivity index (χ3v) is 4.17. The Labute approximate surface area is 134 Å². The summed E-state index contributed by atoms with van der Waals surface area (Å²) < 4.78 is 5.05. The molecule has 23 heavy (non-hydrogen) atoms. The average Bonchev–Trinajstić information content (AvgIpc) is 2.52. The van der Waals surface area contributed by atoms with Gasteiger partial charge in [-0.25, -0.2) is 4.79 Å². The number of piperidine rings is 1. The van der Waals surface area contributed by atoms with E-state index in [9.17, 15) is 19.7 Å². The second kappa shape index (κ2) is 7.21. The zero-order chi connectivity index (χ0) is 17.0. The molecule has 0 spiro atoms. The quantitative estimate of drug-likeness (QED) is 0.483. The lowest BCUT2D eigenvalue weighted by Crippen LogP contribution is -2.44. The van der Waals surface area contributed by atoms with Gasteiger partial charge in [0.05, 0.1) is 10.5 Å². The molecule has 1 aromatic rings. The lowest BCUT2D eigenvalue weighted by molar-refractivity contribution is -0.385. The van der Waals surface area contributed by atoms with E-state index in [1.54, 1.807) is 4.90 Å². The molecule has 0 unspecified atom stereocenters. The first-order valence-electron chi connectivity index (χ1n) is 7.62. The summed E-state index contributed by atoms with van der Waals surface area (Å²) in [7, 11) is 0. The number of esters is 1. The molecule has 1 amide bonds. The van der Waals surface area contributed by atoms with E-state index in [2.05, 4.69) is 0 Å². The molecule has 1 atom stereocenters. The first-order valence-corrected chi connectivity index (χ1v) is 7.62. The van der Waals surface area contributed by atoms with Gasteiger partial charge in [0.2, 0.25) is 0 Å².